The van der Waals surface area contributed by atoms with E-state index in [0.29, 0.717) is 49.5 Å². The number of halogens is 2. The van der Waals surface area contributed by atoms with E-state index in [9.17, 15) is 13.2 Å². The maximum Gasteiger partial charge on any atom is 0.243 e. The van der Waals surface area contributed by atoms with Crippen LogP contribution in [0.4, 0.5) is 0 Å². The zero-order chi connectivity index (χ0) is 19.0. The van der Waals surface area contributed by atoms with Gasteiger partial charge in [-0.2, -0.15) is 4.31 Å². The van der Waals surface area contributed by atoms with Gasteiger partial charge in [-0.15, -0.1) is 24.8 Å². The lowest BCUT2D eigenvalue weighted by atomic mass is 10.0. The van der Waals surface area contributed by atoms with Gasteiger partial charge in [-0.1, -0.05) is 17.7 Å². The number of aryl methyl sites for hydroxylation is 1. The van der Waals surface area contributed by atoms with Gasteiger partial charge in [0.25, 0.3) is 0 Å². The molecule has 29 heavy (non-hydrogen) atoms. The minimum atomic E-state index is -3.45. The van der Waals surface area contributed by atoms with Crippen molar-refractivity contribution in [1.29, 1.82) is 0 Å². The smallest absolute Gasteiger partial charge is 0.243 e. The van der Waals surface area contributed by atoms with Crippen molar-refractivity contribution in [3.05, 3.63) is 29.8 Å². The summed E-state index contributed by atoms with van der Waals surface area (Å²) in [6, 6.07) is 6.98. The SMILES string of the molecule is Cc1ccc(S(=O)(=O)N2CCN(CC(=O)N3C[C@H]4CNC[C@H]4C3)CC2)cc1.Cl.Cl. The highest BCUT2D eigenvalue weighted by Gasteiger charge is 2.38. The summed E-state index contributed by atoms with van der Waals surface area (Å²) >= 11 is 0. The van der Waals surface area contributed by atoms with Crippen molar-refractivity contribution in [2.24, 2.45) is 11.8 Å². The average molecular weight is 465 g/mol. The molecular formula is C19H30Cl2N4O3S. The molecule has 0 bridgehead atoms. The van der Waals surface area contributed by atoms with Gasteiger partial charge in [0, 0.05) is 52.4 Å². The van der Waals surface area contributed by atoms with Gasteiger partial charge in [0.15, 0.2) is 0 Å². The third kappa shape index (κ3) is 5.24. The second-order valence-corrected chi connectivity index (χ2v) is 9.91. The number of likely N-dealkylation sites (tertiary alicyclic amines) is 1. The first kappa shape index (κ1) is 24.4. The first-order valence-corrected chi connectivity index (χ1v) is 11.1. The molecule has 3 aliphatic rings. The summed E-state index contributed by atoms with van der Waals surface area (Å²) in [5.41, 5.74) is 1.04. The van der Waals surface area contributed by atoms with Crippen LogP contribution in [0.3, 0.4) is 0 Å². The zero-order valence-electron chi connectivity index (χ0n) is 16.6. The lowest BCUT2D eigenvalue weighted by Gasteiger charge is -2.34. The van der Waals surface area contributed by atoms with Crippen molar-refractivity contribution in [1.82, 2.24) is 19.4 Å². The van der Waals surface area contributed by atoms with Gasteiger partial charge >= 0.3 is 0 Å². The van der Waals surface area contributed by atoms with Crippen molar-refractivity contribution in [2.75, 3.05) is 58.9 Å². The average Bonchev–Trinajstić information content (AvgIpc) is 3.24. The highest BCUT2D eigenvalue weighted by molar-refractivity contribution is 7.89. The number of rotatable bonds is 4. The Bertz CT molecular complexity index is 786. The second kappa shape index (κ2) is 9.94. The van der Waals surface area contributed by atoms with Gasteiger partial charge < -0.3 is 10.2 Å². The molecule has 3 saturated heterocycles. The Morgan fingerprint density at radius 3 is 2.10 bits per heavy atom. The number of carbonyl (C=O) groups excluding carboxylic acids is 1. The third-order valence-electron chi connectivity index (χ3n) is 6.09. The fraction of sp³-hybridized carbons (Fsp3) is 0.632. The van der Waals surface area contributed by atoms with Gasteiger partial charge in [0.1, 0.15) is 0 Å². The van der Waals surface area contributed by atoms with E-state index in [-0.39, 0.29) is 30.7 Å². The first-order chi connectivity index (χ1) is 12.9. The van der Waals surface area contributed by atoms with Crippen LogP contribution in [0.2, 0.25) is 0 Å². The summed E-state index contributed by atoms with van der Waals surface area (Å²) in [5.74, 6) is 1.38. The quantitative estimate of drug-likeness (QED) is 0.713. The number of piperazine rings is 1. The molecule has 7 nitrogen and oxygen atoms in total. The number of fused-ring (bicyclic) bond motifs is 1. The lowest BCUT2D eigenvalue weighted by Crippen LogP contribution is -2.51. The molecule has 0 unspecified atom stereocenters. The van der Waals surface area contributed by atoms with Crippen molar-refractivity contribution >= 4 is 40.7 Å². The zero-order valence-corrected chi connectivity index (χ0v) is 19.1. The van der Waals surface area contributed by atoms with Crippen LogP contribution in [0.25, 0.3) is 0 Å². The van der Waals surface area contributed by atoms with Gasteiger partial charge in [0.05, 0.1) is 11.4 Å². The highest BCUT2D eigenvalue weighted by Crippen LogP contribution is 2.26. The fourth-order valence-electron chi connectivity index (χ4n) is 4.34. The standard InChI is InChI=1S/C19H28N4O3S.2ClH/c1-15-2-4-18(5-3-15)27(25,26)23-8-6-21(7-9-23)14-19(24)22-12-16-10-20-11-17(16)13-22;;/h2-5,16-17,20H,6-14H2,1H3;2*1H/t16-,17+;;. The molecule has 1 aromatic carbocycles. The number of nitrogens with one attached hydrogen (secondary N) is 1. The summed E-state index contributed by atoms with van der Waals surface area (Å²) in [4.78, 5) is 17.0. The molecule has 3 heterocycles. The normalized spacial score (nSPS) is 25.2. The molecule has 0 aromatic heterocycles. The minimum absolute atomic E-state index is 0. The third-order valence-corrected chi connectivity index (χ3v) is 8.00. The topological polar surface area (TPSA) is 73.0 Å². The van der Waals surface area contributed by atoms with E-state index in [1.807, 2.05) is 24.0 Å². The highest BCUT2D eigenvalue weighted by atomic mass is 35.5. The number of hydrogen-bond acceptors (Lipinski definition) is 5. The van der Waals surface area contributed by atoms with Crippen LogP contribution in [0.15, 0.2) is 29.2 Å². The molecule has 0 radical (unpaired) electrons. The molecule has 0 spiro atoms. The van der Waals surface area contributed by atoms with Gasteiger partial charge in [-0.25, -0.2) is 8.42 Å². The van der Waals surface area contributed by atoms with Crippen LogP contribution in [-0.4, -0.2) is 87.3 Å². The molecule has 3 fully saturated rings. The van der Waals surface area contributed by atoms with Crippen molar-refractivity contribution < 1.29 is 13.2 Å². The molecule has 3 aliphatic heterocycles. The van der Waals surface area contributed by atoms with E-state index in [4.69, 9.17) is 0 Å². The molecule has 164 valence electrons. The van der Waals surface area contributed by atoms with Crippen molar-refractivity contribution in [3.63, 3.8) is 0 Å². The van der Waals surface area contributed by atoms with E-state index in [0.717, 1.165) is 31.7 Å². The van der Waals surface area contributed by atoms with Gasteiger partial charge in [-0.3, -0.25) is 9.69 Å². The summed E-state index contributed by atoms with van der Waals surface area (Å²) in [6.45, 7) is 8.14. The molecule has 0 aliphatic carbocycles. The summed E-state index contributed by atoms with van der Waals surface area (Å²) in [7, 11) is -3.45. The van der Waals surface area contributed by atoms with Crippen LogP contribution in [0.1, 0.15) is 5.56 Å². The number of amides is 1. The Labute approximate surface area is 185 Å². The van der Waals surface area contributed by atoms with Gasteiger partial charge in [-0.05, 0) is 30.9 Å². The number of carbonyl (C=O) groups is 1. The Kier molecular flexibility index (Phi) is 8.35. The molecule has 1 N–H and O–H groups in total. The number of sulfonamides is 1. The van der Waals surface area contributed by atoms with E-state index >= 15 is 0 Å². The predicted molar refractivity (Wildman–Crippen MR) is 117 cm³/mol. The largest absolute Gasteiger partial charge is 0.341 e. The van der Waals surface area contributed by atoms with Gasteiger partial charge in [0.2, 0.25) is 15.9 Å². The summed E-state index contributed by atoms with van der Waals surface area (Å²) in [5, 5.41) is 3.39. The van der Waals surface area contributed by atoms with Crippen molar-refractivity contribution in [3.8, 4) is 0 Å². The van der Waals surface area contributed by atoms with Crippen LogP contribution in [-0.2, 0) is 14.8 Å². The number of nitrogens with zero attached hydrogens (tertiary/aromatic N) is 3. The molecule has 0 saturated carbocycles. The lowest BCUT2D eigenvalue weighted by molar-refractivity contribution is -0.131. The van der Waals surface area contributed by atoms with E-state index in [1.54, 1.807) is 12.1 Å². The predicted octanol–water partition coefficient (Wildman–Crippen LogP) is 0.823. The van der Waals surface area contributed by atoms with Crippen LogP contribution in [0, 0.1) is 18.8 Å². The van der Waals surface area contributed by atoms with E-state index in [2.05, 4.69) is 10.2 Å². The second-order valence-electron chi connectivity index (χ2n) is 7.97. The minimum Gasteiger partial charge on any atom is -0.341 e. The van der Waals surface area contributed by atoms with E-state index in [1.165, 1.54) is 4.31 Å². The molecule has 1 aromatic rings. The molecule has 2 atom stereocenters. The Hall–Kier alpha value is -0.900. The maximum atomic E-state index is 12.8. The maximum absolute atomic E-state index is 12.8. The number of hydrogen-bond donors (Lipinski definition) is 1. The van der Waals surface area contributed by atoms with E-state index < -0.39 is 10.0 Å². The molecule has 4 rings (SSSR count). The van der Waals surface area contributed by atoms with Crippen molar-refractivity contribution in [2.45, 2.75) is 11.8 Å². The molecular weight excluding hydrogens is 435 g/mol. The number of benzene rings is 1. The molecule has 1 amide bonds. The Morgan fingerprint density at radius 1 is 1.00 bits per heavy atom. The molecule has 10 heteroatoms. The summed E-state index contributed by atoms with van der Waals surface area (Å²) in [6.07, 6.45) is 0. The summed E-state index contributed by atoms with van der Waals surface area (Å²) < 4.78 is 27.1. The van der Waals surface area contributed by atoms with Crippen LogP contribution < -0.4 is 5.32 Å². The fourth-order valence-corrected chi connectivity index (χ4v) is 5.76. The van der Waals surface area contributed by atoms with Crippen LogP contribution >= 0.6 is 24.8 Å². The first-order valence-electron chi connectivity index (χ1n) is 9.71. The monoisotopic (exact) mass is 464 g/mol. The Morgan fingerprint density at radius 2 is 1.55 bits per heavy atom. The Balaban J connectivity index is 0.00000150. The van der Waals surface area contributed by atoms with Crippen LogP contribution in [0.5, 0.6) is 0 Å².